The van der Waals surface area contributed by atoms with Gasteiger partial charge >= 0.3 is 0 Å². The van der Waals surface area contributed by atoms with E-state index < -0.39 is 0 Å². The molecule has 1 aromatic carbocycles. The Hall–Kier alpha value is -3.22. The molecule has 5 rings (SSSR count). The summed E-state index contributed by atoms with van der Waals surface area (Å²) < 4.78 is 1.90. The molecular formula is C17H14N6O. The highest BCUT2D eigenvalue weighted by Crippen LogP contribution is 2.39. The molecule has 2 aromatic heterocycles. The predicted molar refractivity (Wildman–Crippen MR) is 90.9 cm³/mol. The molecule has 0 unspecified atom stereocenters. The molecular weight excluding hydrogens is 304 g/mol. The number of fused-ring (bicyclic) bond motifs is 2. The Morgan fingerprint density at radius 2 is 2.08 bits per heavy atom. The first-order chi connectivity index (χ1) is 11.7. The van der Waals surface area contributed by atoms with Gasteiger partial charge < -0.3 is 11.1 Å². The van der Waals surface area contributed by atoms with E-state index in [9.17, 15) is 4.79 Å². The zero-order valence-corrected chi connectivity index (χ0v) is 12.7. The molecule has 0 bridgehead atoms. The molecule has 0 spiro atoms. The van der Waals surface area contributed by atoms with Crippen molar-refractivity contribution in [1.29, 1.82) is 0 Å². The Morgan fingerprint density at radius 1 is 1.25 bits per heavy atom. The molecule has 1 aliphatic carbocycles. The van der Waals surface area contributed by atoms with Gasteiger partial charge in [-0.25, -0.2) is 14.6 Å². The molecule has 118 valence electrons. The summed E-state index contributed by atoms with van der Waals surface area (Å²) in [6.45, 7) is 0. The smallest absolute Gasteiger partial charge is 0.256 e. The summed E-state index contributed by atoms with van der Waals surface area (Å²) in [6, 6.07) is 7.96. The number of anilines is 2. The van der Waals surface area contributed by atoms with Crippen LogP contribution in [0.5, 0.6) is 0 Å². The number of nitrogens with one attached hydrogen (secondary N) is 1. The molecule has 24 heavy (non-hydrogen) atoms. The molecule has 0 saturated heterocycles. The number of rotatable bonds is 2. The summed E-state index contributed by atoms with van der Waals surface area (Å²) in [4.78, 5) is 20.8. The van der Waals surface area contributed by atoms with Gasteiger partial charge in [-0.1, -0.05) is 18.2 Å². The number of carbonyl (C=O) groups excluding carboxylic acids is 1. The molecule has 7 nitrogen and oxygen atoms in total. The van der Waals surface area contributed by atoms with Crippen molar-refractivity contribution in [2.45, 2.75) is 18.9 Å². The number of hydrogen-bond donors (Lipinski definition) is 2. The van der Waals surface area contributed by atoms with Crippen LogP contribution >= 0.6 is 0 Å². The zero-order chi connectivity index (χ0) is 16.3. The van der Waals surface area contributed by atoms with Crippen LogP contribution in [0.4, 0.5) is 11.5 Å². The molecule has 1 saturated carbocycles. The van der Waals surface area contributed by atoms with Gasteiger partial charge in [0.15, 0.2) is 5.65 Å². The van der Waals surface area contributed by atoms with Gasteiger partial charge in [-0.2, -0.15) is 5.10 Å². The number of amides is 1. The molecule has 1 amide bonds. The third kappa shape index (κ3) is 1.84. The van der Waals surface area contributed by atoms with Crippen LogP contribution in [-0.4, -0.2) is 25.7 Å². The van der Waals surface area contributed by atoms with E-state index in [4.69, 9.17) is 5.73 Å². The first-order valence-corrected chi connectivity index (χ1v) is 7.83. The monoisotopic (exact) mass is 318 g/mol. The fraction of sp³-hybridized carbons (Fsp3) is 0.176. The van der Waals surface area contributed by atoms with Crippen molar-refractivity contribution in [2.75, 3.05) is 11.1 Å². The maximum absolute atomic E-state index is 12.3. The van der Waals surface area contributed by atoms with Gasteiger partial charge in [-0.3, -0.25) is 4.79 Å². The largest absolute Gasteiger partial charge is 0.383 e. The average molecular weight is 318 g/mol. The van der Waals surface area contributed by atoms with Crippen molar-refractivity contribution >= 4 is 40.1 Å². The Bertz CT molecular complexity index is 1030. The van der Waals surface area contributed by atoms with Crippen molar-refractivity contribution in [3.8, 4) is 0 Å². The van der Waals surface area contributed by atoms with Gasteiger partial charge in [0.1, 0.15) is 12.1 Å². The highest BCUT2D eigenvalue weighted by atomic mass is 16.2. The van der Waals surface area contributed by atoms with Crippen LogP contribution in [0.3, 0.4) is 0 Å². The summed E-state index contributed by atoms with van der Waals surface area (Å²) in [7, 11) is 0. The number of nitrogens with zero attached hydrogens (tertiary/aromatic N) is 4. The number of para-hydroxylation sites is 1. The first kappa shape index (κ1) is 13.2. The second-order valence-corrected chi connectivity index (χ2v) is 6.08. The van der Waals surface area contributed by atoms with E-state index in [1.165, 1.54) is 6.33 Å². The lowest BCUT2D eigenvalue weighted by molar-refractivity contribution is -0.110. The maximum Gasteiger partial charge on any atom is 0.256 e. The minimum atomic E-state index is -0.138. The number of nitrogen functional groups attached to an aromatic ring is 1. The molecule has 0 atom stereocenters. The SMILES string of the molecule is Nc1ncnc2c1c(C=C1C(=O)Nc3ccccc31)nn2C1CC1. The van der Waals surface area contributed by atoms with Crippen LogP contribution in [0.1, 0.15) is 30.1 Å². The topological polar surface area (TPSA) is 98.7 Å². The summed E-state index contributed by atoms with van der Waals surface area (Å²) in [5, 5.41) is 8.23. The van der Waals surface area contributed by atoms with Crippen LogP contribution in [0.15, 0.2) is 30.6 Å². The fourth-order valence-electron chi connectivity index (χ4n) is 3.12. The highest BCUT2D eigenvalue weighted by Gasteiger charge is 2.30. The second-order valence-electron chi connectivity index (χ2n) is 6.08. The third-order valence-corrected chi connectivity index (χ3v) is 4.43. The van der Waals surface area contributed by atoms with Crippen LogP contribution in [0.2, 0.25) is 0 Å². The summed E-state index contributed by atoms with van der Waals surface area (Å²) in [5.41, 5.74) is 9.68. The van der Waals surface area contributed by atoms with Crippen molar-refractivity contribution < 1.29 is 4.79 Å². The summed E-state index contributed by atoms with van der Waals surface area (Å²) in [5.74, 6) is 0.242. The minimum absolute atomic E-state index is 0.138. The van der Waals surface area contributed by atoms with Gasteiger partial charge in [-0.05, 0) is 25.0 Å². The maximum atomic E-state index is 12.3. The standard InChI is InChI=1S/C17H14N6O/c18-15-14-13(22-23(9-5-6-9)16(14)20-8-19-15)7-11-10-3-1-2-4-12(10)21-17(11)24/h1-4,7-9H,5-6H2,(H,21,24)(H2,18,19,20). The molecule has 2 aliphatic rings. The Balaban J connectivity index is 1.74. The van der Waals surface area contributed by atoms with Gasteiger partial charge in [0, 0.05) is 11.3 Å². The summed E-state index contributed by atoms with van der Waals surface area (Å²) in [6.07, 6.45) is 5.40. The predicted octanol–water partition coefficient (Wildman–Crippen LogP) is 2.24. The first-order valence-electron chi connectivity index (χ1n) is 7.83. The molecule has 3 heterocycles. The highest BCUT2D eigenvalue weighted by molar-refractivity contribution is 6.35. The minimum Gasteiger partial charge on any atom is -0.383 e. The number of aromatic nitrogens is 4. The van der Waals surface area contributed by atoms with Crippen LogP contribution in [0, 0.1) is 0 Å². The average Bonchev–Trinajstić information content (AvgIpc) is 3.28. The van der Waals surface area contributed by atoms with Crippen LogP contribution in [0.25, 0.3) is 22.7 Å². The lowest BCUT2D eigenvalue weighted by Gasteiger charge is -1.98. The van der Waals surface area contributed by atoms with Gasteiger partial charge in [0.2, 0.25) is 0 Å². The molecule has 0 radical (unpaired) electrons. The van der Waals surface area contributed by atoms with Crippen molar-refractivity contribution in [2.24, 2.45) is 0 Å². The van der Waals surface area contributed by atoms with E-state index in [1.807, 2.05) is 28.9 Å². The van der Waals surface area contributed by atoms with Gasteiger partial charge in [0.05, 0.1) is 22.7 Å². The van der Waals surface area contributed by atoms with E-state index >= 15 is 0 Å². The number of carbonyl (C=O) groups is 1. The molecule has 1 fully saturated rings. The second kappa shape index (κ2) is 4.64. The Morgan fingerprint density at radius 3 is 2.92 bits per heavy atom. The lowest BCUT2D eigenvalue weighted by atomic mass is 10.1. The Labute approximate surface area is 137 Å². The van der Waals surface area contributed by atoms with Gasteiger partial charge in [-0.15, -0.1) is 0 Å². The van der Waals surface area contributed by atoms with E-state index in [-0.39, 0.29) is 5.91 Å². The normalized spacial score (nSPS) is 18.2. The number of nitrogens with two attached hydrogens (primary N) is 1. The quantitative estimate of drug-likeness (QED) is 0.706. The summed E-state index contributed by atoms with van der Waals surface area (Å²) >= 11 is 0. The van der Waals surface area contributed by atoms with E-state index in [1.54, 1.807) is 6.08 Å². The molecule has 7 heteroatoms. The fourth-order valence-corrected chi connectivity index (χ4v) is 3.12. The third-order valence-electron chi connectivity index (χ3n) is 4.43. The van der Waals surface area contributed by atoms with E-state index in [0.717, 1.165) is 29.7 Å². The van der Waals surface area contributed by atoms with E-state index in [2.05, 4.69) is 20.4 Å². The van der Waals surface area contributed by atoms with Crippen LogP contribution in [-0.2, 0) is 4.79 Å². The Kier molecular flexibility index (Phi) is 2.56. The van der Waals surface area contributed by atoms with Crippen molar-refractivity contribution in [3.05, 3.63) is 41.9 Å². The van der Waals surface area contributed by atoms with Crippen molar-refractivity contribution in [1.82, 2.24) is 19.7 Å². The number of benzene rings is 1. The molecule has 1 aliphatic heterocycles. The number of hydrogen-bond acceptors (Lipinski definition) is 5. The lowest BCUT2D eigenvalue weighted by Crippen LogP contribution is -2.03. The van der Waals surface area contributed by atoms with Crippen LogP contribution < -0.4 is 11.1 Å². The molecule has 3 aromatic rings. The van der Waals surface area contributed by atoms with Gasteiger partial charge in [0.25, 0.3) is 5.91 Å². The molecule has 3 N–H and O–H groups in total. The van der Waals surface area contributed by atoms with E-state index in [0.29, 0.717) is 28.5 Å². The van der Waals surface area contributed by atoms with Crippen molar-refractivity contribution in [3.63, 3.8) is 0 Å². The zero-order valence-electron chi connectivity index (χ0n) is 12.7.